The molecule has 6 nitrogen and oxygen atoms in total. The van der Waals surface area contributed by atoms with Crippen LogP contribution >= 0.6 is 0 Å². The van der Waals surface area contributed by atoms with Crippen LogP contribution in [0.5, 0.6) is 0 Å². The molecule has 1 aliphatic heterocycles. The van der Waals surface area contributed by atoms with Gasteiger partial charge in [0.2, 0.25) is 5.91 Å². The molecule has 26 heavy (non-hydrogen) atoms. The van der Waals surface area contributed by atoms with Gasteiger partial charge in [0.1, 0.15) is 11.6 Å². The van der Waals surface area contributed by atoms with Crippen molar-refractivity contribution in [3.8, 4) is 0 Å². The molecule has 1 aliphatic rings. The monoisotopic (exact) mass is 355 g/mol. The molecule has 1 saturated heterocycles. The molecule has 1 fully saturated rings. The molecule has 2 aromatic heterocycles. The lowest BCUT2D eigenvalue weighted by Gasteiger charge is -2.23. The standard InChI is InChI=1S/C19H22FN5O/c1-11-12(2)23-24-14(11)7-8-18(26)25-9-3-4-17(25)19-21-15-6-5-13(20)10-16(15)22-19/h5-6,10,17H,3-4,7-9H2,1-2H3,(H,21,22)(H,23,24)/t17-/m0/s1. The lowest BCUT2D eigenvalue weighted by molar-refractivity contribution is -0.132. The fraction of sp³-hybridized carbons (Fsp3) is 0.421. The molecule has 3 heterocycles. The van der Waals surface area contributed by atoms with Crippen molar-refractivity contribution >= 4 is 16.9 Å². The number of aryl methyl sites for hydroxylation is 2. The van der Waals surface area contributed by atoms with E-state index >= 15 is 0 Å². The summed E-state index contributed by atoms with van der Waals surface area (Å²) >= 11 is 0. The number of nitrogens with zero attached hydrogens (tertiary/aromatic N) is 3. The number of likely N-dealkylation sites (tertiary alicyclic amines) is 1. The van der Waals surface area contributed by atoms with E-state index in [0.29, 0.717) is 18.4 Å². The van der Waals surface area contributed by atoms with Crippen molar-refractivity contribution in [2.45, 2.75) is 45.6 Å². The third-order valence-corrected chi connectivity index (χ3v) is 5.28. The summed E-state index contributed by atoms with van der Waals surface area (Å²) in [4.78, 5) is 22.4. The van der Waals surface area contributed by atoms with Gasteiger partial charge in [-0.3, -0.25) is 9.89 Å². The zero-order valence-electron chi connectivity index (χ0n) is 15.0. The Morgan fingerprint density at radius 3 is 3.00 bits per heavy atom. The van der Waals surface area contributed by atoms with Crippen LogP contribution in [0.25, 0.3) is 11.0 Å². The Morgan fingerprint density at radius 2 is 2.23 bits per heavy atom. The van der Waals surface area contributed by atoms with Crippen molar-refractivity contribution in [3.05, 3.63) is 46.8 Å². The Bertz CT molecular complexity index is 960. The molecule has 7 heteroatoms. The Balaban J connectivity index is 1.49. The Kier molecular flexibility index (Phi) is 4.22. The largest absolute Gasteiger partial charge is 0.340 e. The first-order valence-electron chi connectivity index (χ1n) is 8.98. The van der Waals surface area contributed by atoms with E-state index in [9.17, 15) is 9.18 Å². The molecule has 0 unspecified atom stereocenters. The number of hydrogen-bond donors (Lipinski definition) is 2. The van der Waals surface area contributed by atoms with E-state index in [1.807, 2.05) is 18.7 Å². The first kappa shape index (κ1) is 16.8. The molecule has 1 aromatic carbocycles. The fourth-order valence-corrected chi connectivity index (χ4v) is 3.66. The highest BCUT2D eigenvalue weighted by Gasteiger charge is 2.32. The number of aromatic nitrogens is 4. The first-order valence-corrected chi connectivity index (χ1v) is 8.98. The van der Waals surface area contributed by atoms with E-state index in [2.05, 4.69) is 20.2 Å². The second-order valence-electron chi connectivity index (χ2n) is 6.95. The lowest BCUT2D eigenvalue weighted by Crippen LogP contribution is -2.31. The van der Waals surface area contributed by atoms with Crippen molar-refractivity contribution < 1.29 is 9.18 Å². The zero-order chi connectivity index (χ0) is 18.3. The number of aromatic amines is 2. The smallest absolute Gasteiger partial charge is 0.223 e. The third-order valence-electron chi connectivity index (χ3n) is 5.28. The van der Waals surface area contributed by atoms with Crippen LogP contribution < -0.4 is 0 Å². The number of hydrogen-bond acceptors (Lipinski definition) is 3. The Hall–Kier alpha value is -2.70. The quantitative estimate of drug-likeness (QED) is 0.753. The van der Waals surface area contributed by atoms with Gasteiger partial charge in [0.05, 0.1) is 22.8 Å². The maximum atomic E-state index is 13.4. The predicted octanol–water partition coefficient (Wildman–Crippen LogP) is 3.34. The number of fused-ring (bicyclic) bond motifs is 1. The summed E-state index contributed by atoms with van der Waals surface area (Å²) in [5, 5.41) is 7.24. The number of halogens is 1. The van der Waals surface area contributed by atoms with Crippen LogP contribution in [0.2, 0.25) is 0 Å². The van der Waals surface area contributed by atoms with Gasteiger partial charge in [0, 0.05) is 25.1 Å². The molecular weight excluding hydrogens is 333 g/mol. The highest BCUT2D eigenvalue weighted by Crippen LogP contribution is 2.32. The van der Waals surface area contributed by atoms with E-state index in [4.69, 9.17) is 0 Å². The first-order chi connectivity index (χ1) is 12.5. The summed E-state index contributed by atoms with van der Waals surface area (Å²) in [7, 11) is 0. The normalized spacial score (nSPS) is 17.3. The van der Waals surface area contributed by atoms with Crippen LogP contribution in [0.4, 0.5) is 4.39 Å². The van der Waals surface area contributed by atoms with Crippen LogP contribution in [0.3, 0.4) is 0 Å². The van der Waals surface area contributed by atoms with Crippen LogP contribution in [0.1, 0.15) is 48.1 Å². The second-order valence-corrected chi connectivity index (χ2v) is 6.95. The van der Waals surface area contributed by atoms with Gasteiger partial charge in [0.25, 0.3) is 0 Å². The fourth-order valence-electron chi connectivity index (χ4n) is 3.66. The summed E-state index contributed by atoms with van der Waals surface area (Å²) < 4.78 is 13.4. The Morgan fingerprint density at radius 1 is 1.38 bits per heavy atom. The van der Waals surface area contributed by atoms with Gasteiger partial charge in [-0.25, -0.2) is 9.37 Å². The molecule has 136 valence electrons. The minimum Gasteiger partial charge on any atom is -0.340 e. The van der Waals surface area contributed by atoms with Gasteiger partial charge in [-0.1, -0.05) is 0 Å². The number of carbonyl (C=O) groups is 1. The summed E-state index contributed by atoms with van der Waals surface area (Å²) in [6.07, 6.45) is 2.87. The van der Waals surface area contributed by atoms with Gasteiger partial charge in [-0.05, 0) is 50.5 Å². The van der Waals surface area contributed by atoms with Crippen molar-refractivity contribution in [1.82, 2.24) is 25.1 Å². The second kappa shape index (κ2) is 6.55. The summed E-state index contributed by atoms with van der Waals surface area (Å²) in [6.45, 7) is 4.73. The maximum Gasteiger partial charge on any atom is 0.223 e. The van der Waals surface area contributed by atoms with Gasteiger partial charge in [0.15, 0.2) is 0 Å². The SMILES string of the molecule is Cc1[nH]nc(CCC(=O)N2CCC[C@H]2c2nc3ccc(F)cc3[nH]2)c1C. The molecule has 1 atom stereocenters. The number of rotatable bonds is 4. The number of H-pyrrole nitrogens is 2. The van der Waals surface area contributed by atoms with Crippen molar-refractivity contribution in [2.75, 3.05) is 6.54 Å². The molecule has 0 spiro atoms. The van der Waals surface area contributed by atoms with E-state index in [0.717, 1.165) is 47.7 Å². The van der Waals surface area contributed by atoms with Crippen LogP contribution in [-0.4, -0.2) is 37.5 Å². The molecule has 0 bridgehead atoms. The van der Waals surface area contributed by atoms with E-state index < -0.39 is 0 Å². The number of nitrogens with one attached hydrogen (secondary N) is 2. The summed E-state index contributed by atoms with van der Waals surface area (Å²) in [5.41, 5.74) is 4.51. The van der Waals surface area contributed by atoms with Crippen LogP contribution in [0.15, 0.2) is 18.2 Å². The summed E-state index contributed by atoms with van der Waals surface area (Å²) in [5.74, 6) is 0.555. The van der Waals surface area contributed by atoms with Crippen LogP contribution in [0, 0.1) is 19.7 Å². The number of benzene rings is 1. The van der Waals surface area contributed by atoms with Gasteiger partial charge in [-0.15, -0.1) is 0 Å². The molecule has 0 saturated carbocycles. The van der Waals surface area contributed by atoms with Gasteiger partial charge in [-0.2, -0.15) is 5.10 Å². The Labute approximate surface area is 150 Å². The number of amides is 1. The molecule has 2 N–H and O–H groups in total. The molecular formula is C19H22FN5O. The average Bonchev–Trinajstić information content (AvgIpc) is 3.32. The molecule has 0 aliphatic carbocycles. The molecule has 3 aromatic rings. The maximum absolute atomic E-state index is 13.4. The zero-order valence-corrected chi connectivity index (χ0v) is 15.0. The predicted molar refractivity (Wildman–Crippen MR) is 96.1 cm³/mol. The van der Waals surface area contributed by atoms with E-state index in [1.165, 1.54) is 12.1 Å². The minimum atomic E-state index is -0.295. The van der Waals surface area contributed by atoms with E-state index in [-0.39, 0.29) is 17.8 Å². The van der Waals surface area contributed by atoms with Gasteiger partial charge < -0.3 is 9.88 Å². The highest BCUT2D eigenvalue weighted by atomic mass is 19.1. The van der Waals surface area contributed by atoms with Crippen LogP contribution in [-0.2, 0) is 11.2 Å². The van der Waals surface area contributed by atoms with E-state index in [1.54, 1.807) is 6.07 Å². The topological polar surface area (TPSA) is 77.7 Å². The highest BCUT2D eigenvalue weighted by molar-refractivity contribution is 5.78. The average molecular weight is 355 g/mol. The molecule has 4 rings (SSSR count). The third kappa shape index (κ3) is 2.98. The summed E-state index contributed by atoms with van der Waals surface area (Å²) in [6, 6.07) is 4.43. The molecule has 1 amide bonds. The lowest BCUT2D eigenvalue weighted by atomic mass is 10.1. The number of imidazole rings is 1. The van der Waals surface area contributed by atoms with Gasteiger partial charge >= 0.3 is 0 Å². The van der Waals surface area contributed by atoms with Crippen molar-refractivity contribution in [3.63, 3.8) is 0 Å². The molecule has 0 radical (unpaired) electrons. The number of carbonyl (C=O) groups excluding carboxylic acids is 1. The minimum absolute atomic E-state index is 0.0695. The van der Waals surface area contributed by atoms with Crippen molar-refractivity contribution in [2.24, 2.45) is 0 Å². The van der Waals surface area contributed by atoms with Crippen molar-refractivity contribution in [1.29, 1.82) is 0 Å².